The van der Waals surface area contributed by atoms with Gasteiger partial charge < -0.3 is 16.4 Å². The molecule has 1 aliphatic carbocycles. The predicted octanol–water partition coefficient (Wildman–Crippen LogP) is 1.67. The van der Waals surface area contributed by atoms with Crippen LogP contribution in [-0.2, 0) is 0 Å². The summed E-state index contributed by atoms with van der Waals surface area (Å²) in [7, 11) is 0. The number of likely N-dealkylation sites (tertiary alicyclic amines) is 1. The third-order valence-corrected chi connectivity index (χ3v) is 4.95. The van der Waals surface area contributed by atoms with E-state index in [0.29, 0.717) is 23.8 Å². The van der Waals surface area contributed by atoms with Gasteiger partial charge in [0.25, 0.3) is 5.91 Å². The second kappa shape index (κ2) is 6.60. The van der Waals surface area contributed by atoms with Crippen molar-refractivity contribution in [1.29, 1.82) is 0 Å². The highest BCUT2D eigenvalue weighted by Gasteiger charge is 2.29. The Labute approximate surface area is 131 Å². The van der Waals surface area contributed by atoms with Crippen molar-refractivity contribution in [2.45, 2.75) is 56.9 Å². The fourth-order valence-corrected chi connectivity index (χ4v) is 3.62. The topological polar surface area (TPSA) is 98.1 Å². The number of piperidine rings is 1. The Bertz CT molecular complexity index is 541. The van der Waals surface area contributed by atoms with Gasteiger partial charge in [0.05, 0.1) is 0 Å². The van der Waals surface area contributed by atoms with Crippen LogP contribution in [0.5, 0.6) is 0 Å². The third kappa shape index (κ3) is 2.92. The monoisotopic (exact) mass is 303 g/mol. The minimum absolute atomic E-state index is 0.0781. The number of nitrogens with zero attached hydrogens (tertiary/aromatic N) is 3. The predicted molar refractivity (Wildman–Crippen MR) is 85.4 cm³/mol. The van der Waals surface area contributed by atoms with E-state index < -0.39 is 0 Å². The number of hydrogen-bond donors (Lipinski definition) is 2. The molecule has 2 aliphatic rings. The highest BCUT2D eigenvalue weighted by Crippen LogP contribution is 2.32. The molecule has 1 unspecified atom stereocenters. The van der Waals surface area contributed by atoms with Gasteiger partial charge in [-0.15, -0.1) is 0 Å². The fraction of sp³-hybridized carbons (Fsp3) is 0.688. The highest BCUT2D eigenvalue weighted by molar-refractivity contribution is 5.98. The van der Waals surface area contributed by atoms with Crippen molar-refractivity contribution in [2.24, 2.45) is 5.73 Å². The van der Waals surface area contributed by atoms with E-state index in [9.17, 15) is 4.79 Å². The third-order valence-electron chi connectivity index (χ3n) is 4.95. The minimum atomic E-state index is -0.0781. The van der Waals surface area contributed by atoms with Crippen LogP contribution in [0.2, 0.25) is 0 Å². The molecule has 1 saturated carbocycles. The van der Waals surface area contributed by atoms with Gasteiger partial charge in [-0.25, -0.2) is 9.97 Å². The van der Waals surface area contributed by atoms with E-state index in [4.69, 9.17) is 11.5 Å². The molecule has 2 fully saturated rings. The molecule has 6 heteroatoms. The number of carbonyl (C=O) groups excluding carboxylic acids is 1. The lowest BCUT2D eigenvalue weighted by molar-refractivity contribution is 0.0623. The van der Waals surface area contributed by atoms with E-state index in [-0.39, 0.29) is 11.9 Å². The van der Waals surface area contributed by atoms with Crippen LogP contribution < -0.4 is 11.5 Å². The van der Waals surface area contributed by atoms with Gasteiger partial charge in [0.2, 0.25) is 0 Å². The zero-order valence-electron chi connectivity index (χ0n) is 13.0. The SMILES string of the molecule is NCC1CCCCN1C(=O)c1cnc(C2CCCC2)nc1N. The summed E-state index contributed by atoms with van der Waals surface area (Å²) in [6.45, 7) is 1.23. The summed E-state index contributed by atoms with van der Waals surface area (Å²) in [6.07, 6.45) is 9.40. The van der Waals surface area contributed by atoms with E-state index in [2.05, 4.69) is 9.97 Å². The van der Waals surface area contributed by atoms with Crippen LogP contribution in [0, 0.1) is 0 Å². The van der Waals surface area contributed by atoms with Gasteiger partial charge in [0.15, 0.2) is 0 Å². The molecule has 4 N–H and O–H groups in total. The van der Waals surface area contributed by atoms with Crippen LogP contribution in [-0.4, -0.2) is 39.9 Å². The van der Waals surface area contributed by atoms with Crippen LogP contribution in [0.15, 0.2) is 6.20 Å². The molecule has 1 aliphatic heterocycles. The second-order valence-electron chi connectivity index (χ2n) is 6.39. The molecule has 0 radical (unpaired) electrons. The van der Waals surface area contributed by atoms with Crippen molar-refractivity contribution >= 4 is 11.7 Å². The molecule has 2 heterocycles. The average Bonchev–Trinajstić information content (AvgIpc) is 3.08. The Balaban J connectivity index is 1.79. The van der Waals surface area contributed by atoms with Gasteiger partial charge in [0, 0.05) is 31.2 Å². The molecule has 3 rings (SSSR count). The fourth-order valence-electron chi connectivity index (χ4n) is 3.62. The van der Waals surface area contributed by atoms with Gasteiger partial charge in [-0.3, -0.25) is 4.79 Å². The van der Waals surface area contributed by atoms with E-state index in [1.165, 1.54) is 12.8 Å². The lowest BCUT2D eigenvalue weighted by Gasteiger charge is -2.35. The first kappa shape index (κ1) is 15.2. The summed E-state index contributed by atoms with van der Waals surface area (Å²) in [5.41, 5.74) is 12.3. The second-order valence-corrected chi connectivity index (χ2v) is 6.39. The number of nitrogens with two attached hydrogens (primary N) is 2. The molecule has 0 bridgehead atoms. The molecule has 1 amide bonds. The van der Waals surface area contributed by atoms with Crippen LogP contribution in [0.1, 0.15) is 67.0 Å². The Morgan fingerprint density at radius 1 is 1.23 bits per heavy atom. The van der Waals surface area contributed by atoms with Crippen LogP contribution in [0.3, 0.4) is 0 Å². The standard InChI is InChI=1S/C16H25N5O/c17-9-12-7-3-4-8-21(12)16(22)13-10-19-15(20-14(13)18)11-5-1-2-6-11/h10-12H,1-9,17H2,(H2,18,19,20). The molecule has 1 aromatic heterocycles. The Morgan fingerprint density at radius 2 is 1.95 bits per heavy atom. The van der Waals surface area contributed by atoms with Crippen molar-refractivity contribution in [1.82, 2.24) is 14.9 Å². The molecule has 1 aromatic rings. The number of anilines is 1. The first-order chi connectivity index (χ1) is 10.7. The number of amides is 1. The van der Waals surface area contributed by atoms with Crippen molar-refractivity contribution in [3.05, 3.63) is 17.6 Å². The Hall–Kier alpha value is -1.69. The number of aromatic nitrogens is 2. The van der Waals surface area contributed by atoms with Gasteiger partial charge in [-0.05, 0) is 32.1 Å². The molecule has 0 spiro atoms. The minimum Gasteiger partial charge on any atom is -0.383 e. The summed E-state index contributed by atoms with van der Waals surface area (Å²) in [4.78, 5) is 23.4. The first-order valence-corrected chi connectivity index (χ1v) is 8.34. The van der Waals surface area contributed by atoms with Gasteiger partial charge in [0.1, 0.15) is 17.2 Å². The molecule has 120 valence electrons. The molecule has 0 aromatic carbocycles. The molecule has 22 heavy (non-hydrogen) atoms. The number of carbonyl (C=O) groups is 1. The van der Waals surface area contributed by atoms with Crippen molar-refractivity contribution in [3.63, 3.8) is 0 Å². The largest absolute Gasteiger partial charge is 0.383 e. The zero-order chi connectivity index (χ0) is 15.5. The van der Waals surface area contributed by atoms with E-state index in [1.807, 2.05) is 4.90 Å². The number of hydrogen-bond acceptors (Lipinski definition) is 5. The Morgan fingerprint density at radius 3 is 2.64 bits per heavy atom. The lowest BCUT2D eigenvalue weighted by Crippen LogP contribution is -2.47. The van der Waals surface area contributed by atoms with E-state index in [0.717, 1.165) is 44.5 Å². The average molecular weight is 303 g/mol. The quantitative estimate of drug-likeness (QED) is 0.885. The molecule has 1 saturated heterocycles. The molecule has 1 atom stereocenters. The highest BCUT2D eigenvalue weighted by atomic mass is 16.2. The molecular formula is C16H25N5O. The Kier molecular flexibility index (Phi) is 4.57. The summed E-state index contributed by atoms with van der Waals surface area (Å²) in [5.74, 6) is 1.42. The van der Waals surface area contributed by atoms with Crippen molar-refractivity contribution < 1.29 is 4.79 Å². The summed E-state index contributed by atoms with van der Waals surface area (Å²) >= 11 is 0. The smallest absolute Gasteiger partial charge is 0.259 e. The van der Waals surface area contributed by atoms with Crippen LogP contribution in [0.4, 0.5) is 5.82 Å². The van der Waals surface area contributed by atoms with Crippen LogP contribution in [0.25, 0.3) is 0 Å². The van der Waals surface area contributed by atoms with Gasteiger partial charge >= 0.3 is 0 Å². The maximum absolute atomic E-state index is 12.7. The maximum Gasteiger partial charge on any atom is 0.259 e. The zero-order valence-corrected chi connectivity index (χ0v) is 13.0. The van der Waals surface area contributed by atoms with E-state index >= 15 is 0 Å². The summed E-state index contributed by atoms with van der Waals surface area (Å²) < 4.78 is 0. The van der Waals surface area contributed by atoms with E-state index in [1.54, 1.807) is 6.20 Å². The first-order valence-electron chi connectivity index (χ1n) is 8.34. The maximum atomic E-state index is 12.7. The normalized spacial score (nSPS) is 23.0. The molecule has 6 nitrogen and oxygen atoms in total. The van der Waals surface area contributed by atoms with Crippen molar-refractivity contribution in [3.8, 4) is 0 Å². The number of nitrogen functional groups attached to an aromatic ring is 1. The lowest BCUT2D eigenvalue weighted by atomic mass is 10.0. The number of rotatable bonds is 3. The van der Waals surface area contributed by atoms with Crippen molar-refractivity contribution in [2.75, 3.05) is 18.8 Å². The summed E-state index contributed by atoms with van der Waals surface area (Å²) in [6, 6.07) is 0.107. The van der Waals surface area contributed by atoms with Gasteiger partial charge in [-0.1, -0.05) is 12.8 Å². The molecular weight excluding hydrogens is 278 g/mol. The summed E-state index contributed by atoms with van der Waals surface area (Å²) in [5, 5.41) is 0. The van der Waals surface area contributed by atoms with Crippen LogP contribution >= 0.6 is 0 Å². The van der Waals surface area contributed by atoms with Gasteiger partial charge in [-0.2, -0.15) is 0 Å².